The zero-order valence-electron chi connectivity index (χ0n) is 6.09. The minimum atomic E-state index is -5.39. The number of hydrogen-bond acceptors (Lipinski definition) is 8. The van der Waals surface area contributed by atoms with E-state index in [-0.39, 0.29) is 44.3 Å². The van der Waals surface area contributed by atoms with Gasteiger partial charge in [0, 0.05) is 0 Å². The number of rotatable bonds is 0. The second-order valence-electron chi connectivity index (χ2n) is 0.894. The molecule has 0 aromatic heterocycles. The van der Waals surface area contributed by atoms with E-state index in [0.717, 1.165) is 0 Å². The number of hydrogen-bond donors (Lipinski definition) is 0. The van der Waals surface area contributed by atoms with Crippen molar-refractivity contribution in [3.8, 4) is 0 Å². The molecule has 0 aliphatic carbocycles. The summed E-state index contributed by atoms with van der Waals surface area (Å²) in [4.78, 5) is 51.3. The Kier molecular flexibility index (Phi) is 25.8. The molecule has 0 unspecified atom stereocenters. The summed E-state index contributed by atoms with van der Waals surface area (Å²) in [6.45, 7) is 0. The zero-order chi connectivity index (χ0) is 9.00. The third-order valence-electron chi connectivity index (χ3n) is 0. The van der Waals surface area contributed by atoms with E-state index in [1.54, 1.807) is 0 Å². The molecule has 0 radical (unpaired) electrons. The van der Waals surface area contributed by atoms with Gasteiger partial charge in [0.1, 0.15) is 0 Å². The molecule has 0 aliphatic heterocycles. The van der Waals surface area contributed by atoms with Crippen molar-refractivity contribution >= 4 is 24.1 Å². The standard InChI is InChI=1S/B.Fe.Li.2H3O4P/c;;;2*1-5(2,3)4/h;;;2*(H3,1,2,3,4)/q+3;+2;+1;;/p-6. The molecule has 0 N–H and O–H groups in total. The molecule has 0 bridgehead atoms. The molecule has 0 saturated carbocycles. The fraction of sp³-hybridized carbons (Fsp3) is 0. The molecular formula is BFeLiO8P2. The van der Waals surface area contributed by atoms with Crippen LogP contribution < -0.4 is 48.2 Å². The van der Waals surface area contributed by atoms with Gasteiger partial charge in [0.2, 0.25) is 0 Å². The monoisotopic (exact) mass is 264 g/mol. The second kappa shape index (κ2) is 11.5. The van der Waals surface area contributed by atoms with Crippen LogP contribution in [-0.2, 0) is 26.2 Å². The van der Waals surface area contributed by atoms with Crippen LogP contribution in [0.15, 0.2) is 0 Å². The van der Waals surface area contributed by atoms with Crippen molar-refractivity contribution in [1.29, 1.82) is 0 Å². The van der Waals surface area contributed by atoms with Crippen LogP contribution in [0.5, 0.6) is 0 Å². The summed E-state index contributed by atoms with van der Waals surface area (Å²) in [7, 11) is -10.8. The van der Waals surface area contributed by atoms with Crippen LogP contribution in [0.3, 0.4) is 0 Å². The molecule has 0 amide bonds. The predicted octanol–water partition coefficient (Wildman–Crippen LogP) is -9.03. The molecule has 70 valence electrons. The first-order chi connectivity index (χ1) is 4.00. The molecule has 0 rings (SSSR count). The van der Waals surface area contributed by atoms with Gasteiger partial charge in [-0.3, -0.25) is 0 Å². The second-order valence-corrected chi connectivity index (χ2v) is 2.68. The van der Waals surface area contributed by atoms with E-state index in [4.69, 9.17) is 38.5 Å². The zero-order valence-corrected chi connectivity index (χ0v) is 8.98. The summed E-state index contributed by atoms with van der Waals surface area (Å²) in [5, 5.41) is 0. The van der Waals surface area contributed by atoms with E-state index < -0.39 is 15.6 Å². The molecule has 0 atom stereocenters. The van der Waals surface area contributed by atoms with E-state index in [0.29, 0.717) is 0 Å². The van der Waals surface area contributed by atoms with Crippen molar-refractivity contribution in [2.75, 3.05) is 0 Å². The quantitative estimate of drug-likeness (QED) is 0.306. The maximum atomic E-state index is 8.55. The summed E-state index contributed by atoms with van der Waals surface area (Å²) in [6, 6.07) is 0. The van der Waals surface area contributed by atoms with Gasteiger partial charge < -0.3 is 38.5 Å². The van der Waals surface area contributed by atoms with Crippen molar-refractivity contribution in [2.24, 2.45) is 0 Å². The molecule has 0 aromatic rings. The average molecular weight is 264 g/mol. The van der Waals surface area contributed by atoms with Gasteiger partial charge in [-0.15, -0.1) is 0 Å². The predicted molar refractivity (Wildman–Crippen MR) is 21.0 cm³/mol. The largest absolute Gasteiger partial charge is 3.00 e. The van der Waals surface area contributed by atoms with Crippen LogP contribution in [0, 0.1) is 0 Å². The van der Waals surface area contributed by atoms with Crippen LogP contribution in [-0.4, -0.2) is 8.41 Å². The van der Waals surface area contributed by atoms with Gasteiger partial charge in [-0.1, -0.05) is 0 Å². The van der Waals surface area contributed by atoms with E-state index in [1.807, 2.05) is 0 Å². The van der Waals surface area contributed by atoms with Gasteiger partial charge in [0.05, 0.1) is 0 Å². The van der Waals surface area contributed by atoms with E-state index in [2.05, 4.69) is 0 Å². The summed E-state index contributed by atoms with van der Waals surface area (Å²) in [5.41, 5.74) is 0. The summed E-state index contributed by atoms with van der Waals surface area (Å²) in [6.07, 6.45) is 0. The topological polar surface area (TPSA) is 172 Å². The molecular weight excluding hydrogens is 264 g/mol. The van der Waals surface area contributed by atoms with Crippen LogP contribution >= 0.6 is 15.6 Å². The summed E-state index contributed by atoms with van der Waals surface area (Å²) < 4.78 is 17.1. The maximum absolute atomic E-state index is 8.55. The van der Waals surface area contributed by atoms with Gasteiger partial charge >= 0.3 is 44.3 Å². The fourth-order valence-electron chi connectivity index (χ4n) is 0. The first-order valence-electron chi connectivity index (χ1n) is 1.46. The van der Waals surface area contributed by atoms with Crippen LogP contribution in [0.1, 0.15) is 0 Å². The summed E-state index contributed by atoms with van der Waals surface area (Å²) in [5.74, 6) is 0. The Hall–Kier alpha value is 1.40. The Balaban J connectivity index is -0.0000000267. The molecule has 0 heterocycles. The average Bonchev–Trinajstić information content (AvgIpc) is 1.12. The van der Waals surface area contributed by atoms with Gasteiger partial charge in [-0.25, -0.2) is 0 Å². The van der Waals surface area contributed by atoms with Gasteiger partial charge in [0.15, 0.2) is 0 Å². The SMILES string of the molecule is O=P([O-])([O-])[O-].O=P([O-])([O-])[O-].[B+3].[Fe+2].[Li+]. The molecule has 0 aromatic carbocycles. The van der Waals surface area contributed by atoms with Crippen molar-refractivity contribution in [3.05, 3.63) is 0 Å². The third kappa shape index (κ3) is 887. The van der Waals surface area contributed by atoms with E-state index >= 15 is 0 Å². The Morgan fingerprint density at radius 2 is 0.692 bits per heavy atom. The Morgan fingerprint density at radius 3 is 0.692 bits per heavy atom. The van der Waals surface area contributed by atoms with E-state index in [1.165, 1.54) is 0 Å². The molecule has 13 heavy (non-hydrogen) atoms. The minimum absolute atomic E-state index is 0. The van der Waals surface area contributed by atoms with Crippen LogP contribution in [0.25, 0.3) is 0 Å². The van der Waals surface area contributed by atoms with E-state index in [9.17, 15) is 0 Å². The van der Waals surface area contributed by atoms with Gasteiger partial charge in [0.25, 0.3) is 0 Å². The normalized spacial score (nSPS) is 9.08. The molecule has 0 saturated heterocycles. The van der Waals surface area contributed by atoms with Crippen molar-refractivity contribution in [1.82, 2.24) is 0 Å². The molecule has 13 heteroatoms. The van der Waals surface area contributed by atoms with Gasteiger partial charge in [-0.2, -0.15) is 15.6 Å². The van der Waals surface area contributed by atoms with Gasteiger partial charge in [-0.05, 0) is 0 Å². The summed E-state index contributed by atoms with van der Waals surface area (Å²) >= 11 is 0. The smallest absolute Gasteiger partial charge is 0.822 e. The molecule has 0 spiro atoms. The molecule has 0 aliphatic rings. The Bertz CT molecular complexity index is 134. The fourth-order valence-corrected chi connectivity index (χ4v) is 0. The first kappa shape index (κ1) is 29.3. The van der Waals surface area contributed by atoms with Crippen molar-refractivity contribution < 1.29 is 74.4 Å². The van der Waals surface area contributed by atoms with Crippen molar-refractivity contribution in [3.63, 3.8) is 0 Å². The maximum Gasteiger partial charge on any atom is 3.00 e. The van der Waals surface area contributed by atoms with Crippen molar-refractivity contribution in [2.45, 2.75) is 0 Å². The number of phosphoric acid groups is 2. The molecule has 0 fully saturated rings. The Morgan fingerprint density at radius 1 is 0.692 bits per heavy atom. The minimum Gasteiger partial charge on any atom is -0.822 e. The van der Waals surface area contributed by atoms with Crippen LogP contribution in [0.4, 0.5) is 0 Å². The van der Waals surface area contributed by atoms with Crippen LogP contribution in [0.2, 0.25) is 0 Å². The third-order valence-corrected chi connectivity index (χ3v) is 0. The Labute approximate surface area is 98.5 Å². The first-order valence-corrected chi connectivity index (χ1v) is 4.38. The molecule has 8 nitrogen and oxygen atoms in total.